The van der Waals surface area contributed by atoms with Crippen molar-refractivity contribution in [2.45, 2.75) is 13.8 Å². The first kappa shape index (κ1) is 36.7. The SMILES string of the molecule is COC(=O)c1c[nH]c2cc(Cl)c(-c3ccc(OCCN4CCNCC4)cc3)cc12.COC(=O)c1c[nH]c2cc(Cl)c(B3OCC(C)(C)CO3)cc12. The van der Waals surface area contributed by atoms with Gasteiger partial charge in [-0.3, -0.25) is 4.90 Å². The third-order valence-corrected chi connectivity index (χ3v) is 9.58. The number of carbonyl (C=O) groups is 2. The van der Waals surface area contributed by atoms with Crippen LogP contribution in [0.4, 0.5) is 0 Å². The fourth-order valence-corrected chi connectivity index (χ4v) is 6.62. The predicted molar refractivity (Wildman–Crippen MR) is 201 cm³/mol. The standard InChI is InChI=1S/C22H24ClN3O3.C15H17BClNO4/c1-28-22(27)19-14-25-21-13-20(23)17(12-18(19)21)15-2-4-16(5-3-15)29-11-10-26-8-6-24-7-9-26;1-15(2)7-21-16(22-8-15)11-4-9-10(14(19)20-3)6-18-13(9)5-12(11)17/h2-5,12-14,24-25H,6-11H2,1H3;4-6,18H,7-8H2,1-3H3. The Hall–Kier alpha value is -4.04. The lowest BCUT2D eigenvalue weighted by atomic mass is 9.75. The molecule has 3 N–H and O–H groups in total. The van der Waals surface area contributed by atoms with Crippen molar-refractivity contribution in [2.75, 3.05) is 66.8 Å². The van der Waals surface area contributed by atoms with Gasteiger partial charge in [0.25, 0.3) is 0 Å². The number of benzene rings is 3. The molecule has 2 aliphatic rings. The second-order valence-corrected chi connectivity index (χ2v) is 14.1. The van der Waals surface area contributed by atoms with Crippen molar-refractivity contribution in [3.05, 3.63) is 82.1 Å². The minimum Gasteiger partial charge on any atom is -0.492 e. The second-order valence-electron chi connectivity index (χ2n) is 13.3. The maximum Gasteiger partial charge on any atom is 0.495 e. The van der Waals surface area contributed by atoms with Gasteiger partial charge in [-0.15, -0.1) is 0 Å². The summed E-state index contributed by atoms with van der Waals surface area (Å²) in [5.74, 6) is 0.0573. The molecule has 0 bridgehead atoms. The summed E-state index contributed by atoms with van der Waals surface area (Å²) >= 11 is 12.8. The summed E-state index contributed by atoms with van der Waals surface area (Å²) in [6.45, 7) is 11.1. The van der Waals surface area contributed by atoms with Crippen LogP contribution >= 0.6 is 23.2 Å². The number of aromatic amines is 2. The lowest BCUT2D eigenvalue weighted by Gasteiger charge is -2.33. The van der Waals surface area contributed by atoms with Crippen LogP contribution in [0.5, 0.6) is 5.75 Å². The topological polar surface area (TPSA) is 127 Å². The lowest BCUT2D eigenvalue weighted by molar-refractivity contribution is 0.0343. The average Bonchev–Trinajstić information content (AvgIpc) is 3.75. The van der Waals surface area contributed by atoms with Crippen molar-refractivity contribution in [3.63, 3.8) is 0 Å². The van der Waals surface area contributed by atoms with Crippen LogP contribution in [0, 0.1) is 5.41 Å². The van der Waals surface area contributed by atoms with E-state index in [1.807, 2.05) is 42.5 Å². The highest BCUT2D eigenvalue weighted by Crippen LogP contribution is 2.34. The molecule has 0 spiro atoms. The molecule has 2 aliphatic heterocycles. The maximum absolute atomic E-state index is 12.0. The largest absolute Gasteiger partial charge is 0.495 e. The summed E-state index contributed by atoms with van der Waals surface area (Å²) in [6, 6.07) is 15.2. The van der Waals surface area contributed by atoms with Gasteiger partial charge in [0, 0.05) is 102 Å². The number of H-pyrrole nitrogens is 2. The summed E-state index contributed by atoms with van der Waals surface area (Å²) in [5, 5.41) is 6.03. The Balaban J connectivity index is 0.000000183. The van der Waals surface area contributed by atoms with Crippen LogP contribution in [0.3, 0.4) is 0 Å². The van der Waals surface area contributed by atoms with Crippen LogP contribution in [0.1, 0.15) is 34.6 Å². The normalized spacial score (nSPS) is 16.1. The molecule has 4 heterocycles. The number of fused-ring (bicyclic) bond motifs is 2. The molecule has 0 atom stereocenters. The van der Waals surface area contributed by atoms with Gasteiger partial charge in [-0.1, -0.05) is 55.2 Å². The zero-order valence-electron chi connectivity index (χ0n) is 29.1. The molecule has 5 aromatic rings. The van der Waals surface area contributed by atoms with Crippen LogP contribution < -0.4 is 15.5 Å². The van der Waals surface area contributed by atoms with E-state index in [4.69, 9.17) is 46.7 Å². The van der Waals surface area contributed by atoms with Crippen molar-refractivity contribution in [3.8, 4) is 16.9 Å². The maximum atomic E-state index is 12.0. The number of esters is 2. The van der Waals surface area contributed by atoms with Gasteiger partial charge in [-0.05, 0) is 35.9 Å². The van der Waals surface area contributed by atoms with E-state index >= 15 is 0 Å². The zero-order valence-corrected chi connectivity index (χ0v) is 30.6. The molecule has 11 nitrogen and oxygen atoms in total. The molecule has 2 aromatic heterocycles. The molecule has 268 valence electrons. The lowest BCUT2D eigenvalue weighted by Crippen LogP contribution is -2.47. The minimum atomic E-state index is -0.523. The molecule has 0 radical (unpaired) electrons. The Morgan fingerprint density at radius 2 is 1.41 bits per heavy atom. The number of hydrogen-bond donors (Lipinski definition) is 3. The smallest absolute Gasteiger partial charge is 0.492 e. The molecule has 7 rings (SSSR count). The highest BCUT2D eigenvalue weighted by molar-refractivity contribution is 6.65. The molecule has 0 saturated carbocycles. The number of nitrogens with zero attached hydrogens (tertiary/aromatic N) is 1. The predicted octanol–water partition coefficient (Wildman–Crippen LogP) is 5.94. The highest BCUT2D eigenvalue weighted by atomic mass is 35.5. The summed E-state index contributed by atoms with van der Waals surface area (Å²) in [5.41, 5.74) is 5.05. The Kier molecular flexibility index (Phi) is 11.6. The third kappa shape index (κ3) is 8.55. The number of nitrogens with one attached hydrogen (secondary N) is 3. The van der Waals surface area contributed by atoms with E-state index in [1.54, 1.807) is 18.5 Å². The highest BCUT2D eigenvalue weighted by Gasteiger charge is 2.35. The van der Waals surface area contributed by atoms with Crippen LogP contribution in [0.25, 0.3) is 32.9 Å². The van der Waals surface area contributed by atoms with Gasteiger partial charge in [0.2, 0.25) is 0 Å². The van der Waals surface area contributed by atoms with Crippen molar-refractivity contribution in [2.24, 2.45) is 5.41 Å². The van der Waals surface area contributed by atoms with E-state index in [-0.39, 0.29) is 11.4 Å². The first-order valence-corrected chi connectivity index (χ1v) is 17.5. The fraction of sp³-hybridized carbons (Fsp3) is 0.351. The van der Waals surface area contributed by atoms with E-state index < -0.39 is 13.1 Å². The van der Waals surface area contributed by atoms with Crippen molar-refractivity contribution in [1.82, 2.24) is 20.2 Å². The monoisotopic (exact) mass is 734 g/mol. The molecule has 2 fully saturated rings. The van der Waals surface area contributed by atoms with Crippen LogP contribution in [0.2, 0.25) is 10.0 Å². The first-order valence-electron chi connectivity index (χ1n) is 16.7. The van der Waals surface area contributed by atoms with E-state index in [1.165, 1.54) is 14.2 Å². The number of carbonyl (C=O) groups excluding carboxylic acids is 2. The summed E-state index contributed by atoms with van der Waals surface area (Å²) in [4.78, 5) is 32.3. The van der Waals surface area contributed by atoms with Crippen molar-refractivity contribution >= 4 is 69.5 Å². The van der Waals surface area contributed by atoms with E-state index in [0.29, 0.717) is 41.0 Å². The average molecular weight is 735 g/mol. The van der Waals surface area contributed by atoms with Crippen LogP contribution in [0.15, 0.2) is 60.9 Å². The molecular formula is C37H41BCl2N4O7. The van der Waals surface area contributed by atoms with Crippen molar-refractivity contribution < 1.29 is 33.1 Å². The minimum absolute atomic E-state index is 0.0155. The van der Waals surface area contributed by atoms with E-state index in [0.717, 1.165) is 76.9 Å². The number of piperazine rings is 1. The molecule has 51 heavy (non-hydrogen) atoms. The van der Waals surface area contributed by atoms with E-state index in [2.05, 4.69) is 34.0 Å². The molecule has 14 heteroatoms. The van der Waals surface area contributed by atoms with Gasteiger partial charge >= 0.3 is 19.1 Å². The summed E-state index contributed by atoms with van der Waals surface area (Å²) in [6.07, 6.45) is 3.26. The van der Waals surface area contributed by atoms with Crippen molar-refractivity contribution in [1.29, 1.82) is 0 Å². The van der Waals surface area contributed by atoms with Crippen LogP contribution in [-0.4, -0.2) is 101 Å². The number of methoxy groups -OCH3 is 2. The summed E-state index contributed by atoms with van der Waals surface area (Å²) < 4.78 is 27.1. The van der Waals surface area contributed by atoms with Gasteiger partial charge in [-0.2, -0.15) is 0 Å². The molecule has 3 aromatic carbocycles. The first-order chi connectivity index (χ1) is 24.6. The Morgan fingerprint density at radius 1 is 0.843 bits per heavy atom. The van der Waals surface area contributed by atoms with E-state index in [9.17, 15) is 9.59 Å². The third-order valence-electron chi connectivity index (χ3n) is 8.94. The molecule has 2 saturated heterocycles. The number of hydrogen-bond acceptors (Lipinski definition) is 9. The molecule has 0 amide bonds. The summed E-state index contributed by atoms with van der Waals surface area (Å²) in [7, 11) is 2.21. The molecule has 0 aliphatic carbocycles. The second kappa shape index (κ2) is 16.1. The molecular weight excluding hydrogens is 694 g/mol. The number of rotatable bonds is 8. The van der Waals surface area contributed by atoms with Crippen LogP contribution in [-0.2, 0) is 18.8 Å². The Labute approximate surface area is 306 Å². The quantitative estimate of drug-likeness (QED) is 0.131. The van der Waals surface area contributed by atoms with Gasteiger partial charge in [0.15, 0.2) is 0 Å². The Morgan fingerprint density at radius 3 is 2.00 bits per heavy atom. The van der Waals surface area contributed by atoms with Gasteiger partial charge in [-0.25, -0.2) is 9.59 Å². The number of aromatic nitrogens is 2. The van der Waals surface area contributed by atoms with Gasteiger partial charge in [0.05, 0.1) is 30.4 Å². The molecule has 0 unspecified atom stereocenters. The number of halogens is 2. The van der Waals surface area contributed by atoms with Gasteiger partial charge in [0.1, 0.15) is 12.4 Å². The number of ether oxygens (including phenoxy) is 3. The zero-order chi connectivity index (χ0) is 36.1. The Bertz CT molecular complexity index is 2000. The fourth-order valence-electron chi connectivity index (χ4n) is 6.09. The van der Waals surface area contributed by atoms with Gasteiger partial charge < -0.3 is 38.8 Å².